The number of hydrogen-bond acceptors (Lipinski definition) is 5. The zero-order valence-corrected chi connectivity index (χ0v) is 18.7. The lowest BCUT2D eigenvalue weighted by Gasteiger charge is -2.24. The number of anilines is 4. The summed E-state index contributed by atoms with van der Waals surface area (Å²) in [6.45, 7) is 3.78. The molecule has 0 unspecified atom stereocenters. The van der Waals surface area contributed by atoms with Gasteiger partial charge in [-0.3, -0.25) is 19.4 Å². The fraction of sp³-hybridized carbons (Fsp3) is 0.182. The Kier molecular flexibility index (Phi) is 5.90. The highest BCUT2D eigenvalue weighted by molar-refractivity contribution is 6.36. The largest absolute Gasteiger partial charge is 0.325 e. The first-order chi connectivity index (χ1) is 15.2. The van der Waals surface area contributed by atoms with Gasteiger partial charge >= 0.3 is 0 Å². The van der Waals surface area contributed by atoms with Gasteiger partial charge in [0.05, 0.1) is 22.2 Å². The van der Waals surface area contributed by atoms with Crippen LogP contribution in [0.1, 0.15) is 29.0 Å². The molecule has 2 amide bonds. The summed E-state index contributed by atoms with van der Waals surface area (Å²) >= 11 is 12.1. The van der Waals surface area contributed by atoms with Crippen LogP contribution in [0.4, 0.5) is 23.1 Å². The van der Waals surface area contributed by atoms with Gasteiger partial charge in [0.25, 0.3) is 5.56 Å². The van der Waals surface area contributed by atoms with Crippen LogP contribution in [0.15, 0.2) is 41.2 Å². The Balaban J connectivity index is 1.66. The van der Waals surface area contributed by atoms with Gasteiger partial charge in [0, 0.05) is 17.1 Å². The third kappa shape index (κ3) is 4.46. The molecular weight excluding hydrogens is 453 g/mol. The predicted molar refractivity (Wildman–Crippen MR) is 125 cm³/mol. The lowest BCUT2D eigenvalue weighted by atomic mass is 9.92. The minimum absolute atomic E-state index is 0.0266. The van der Waals surface area contributed by atoms with Crippen LogP contribution >= 0.6 is 23.2 Å². The van der Waals surface area contributed by atoms with Crippen LogP contribution in [0.5, 0.6) is 0 Å². The van der Waals surface area contributed by atoms with Crippen molar-refractivity contribution < 1.29 is 9.59 Å². The topological polar surface area (TPSA) is 116 Å². The molecule has 0 spiro atoms. The van der Waals surface area contributed by atoms with E-state index in [1.54, 1.807) is 12.1 Å². The van der Waals surface area contributed by atoms with Crippen LogP contribution in [-0.4, -0.2) is 21.8 Å². The molecule has 2 heterocycles. The molecule has 1 aliphatic heterocycles. The van der Waals surface area contributed by atoms with Crippen LogP contribution in [0.25, 0.3) is 0 Å². The molecule has 4 N–H and O–H groups in total. The number of aryl methyl sites for hydroxylation is 2. The summed E-state index contributed by atoms with van der Waals surface area (Å²) < 4.78 is 0. The number of aromatic nitrogens is 2. The summed E-state index contributed by atoms with van der Waals surface area (Å²) in [6, 6.07) is 10.5. The van der Waals surface area contributed by atoms with Gasteiger partial charge in [-0.1, -0.05) is 35.3 Å². The average Bonchev–Trinajstić information content (AvgIpc) is 2.72. The van der Waals surface area contributed by atoms with Gasteiger partial charge in [-0.15, -0.1) is 0 Å². The number of aromatic amines is 1. The number of amides is 2. The molecule has 0 bridgehead atoms. The van der Waals surface area contributed by atoms with Gasteiger partial charge in [0.1, 0.15) is 5.82 Å². The van der Waals surface area contributed by atoms with E-state index in [9.17, 15) is 14.4 Å². The lowest BCUT2D eigenvalue weighted by molar-refractivity contribution is -0.123. The standard InChI is InChI=1S/C22H19Cl2N5O3/c1-10-3-4-11(2)16(7-10)25-20(31)13-9-17(30)27-19-18(13)21(32)29-22(28-19)26-15-6-5-12(23)8-14(15)24/h3-8,13H,9H2,1-2H3,(H,25,31)(H3,26,27,28,29,30,32)/t13-/m0/s1. The molecular formula is C22H19Cl2N5O3. The highest BCUT2D eigenvalue weighted by Crippen LogP contribution is 2.32. The number of hydrogen-bond donors (Lipinski definition) is 4. The van der Waals surface area contributed by atoms with Crippen LogP contribution in [0.2, 0.25) is 10.0 Å². The van der Waals surface area contributed by atoms with Gasteiger partial charge in [-0.2, -0.15) is 4.98 Å². The SMILES string of the molecule is Cc1ccc(C)c(NC(=O)[C@H]2CC(=O)Nc3nc(Nc4ccc(Cl)cc4Cl)[nH]c(=O)c32)c1. The van der Waals surface area contributed by atoms with Gasteiger partial charge in [0.15, 0.2) is 0 Å². The van der Waals surface area contributed by atoms with Crippen LogP contribution in [0.3, 0.4) is 0 Å². The summed E-state index contributed by atoms with van der Waals surface area (Å²) in [4.78, 5) is 45.1. The Morgan fingerprint density at radius 1 is 1.09 bits per heavy atom. The third-order valence-electron chi connectivity index (χ3n) is 5.10. The molecule has 8 nitrogen and oxygen atoms in total. The zero-order valence-electron chi connectivity index (χ0n) is 17.2. The zero-order chi connectivity index (χ0) is 23.0. The van der Waals surface area contributed by atoms with Crippen molar-refractivity contribution in [2.24, 2.45) is 0 Å². The summed E-state index contributed by atoms with van der Waals surface area (Å²) in [6.07, 6.45) is -0.162. The maximum absolute atomic E-state index is 13.0. The van der Waals surface area contributed by atoms with E-state index in [2.05, 4.69) is 25.9 Å². The van der Waals surface area contributed by atoms with Crippen molar-refractivity contribution in [3.63, 3.8) is 0 Å². The second-order valence-corrected chi connectivity index (χ2v) is 8.38. The number of benzene rings is 2. The number of carbonyl (C=O) groups is 2. The van der Waals surface area contributed by atoms with Crippen LogP contribution in [-0.2, 0) is 9.59 Å². The predicted octanol–water partition coefficient (Wildman–Crippen LogP) is 4.50. The number of nitrogens with one attached hydrogen (secondary N) is 4. The summed E-state index contributed by atoms with van der Waals surface area (Å²) in [5, 5.41) is 9.08. The first-order valence-corrected chi connectivity index (χ1v) is 10.5. The molecule has 2 aromatic carbocycles. The molecule has 10 heteroatoms. The minimum Gasteiger partial charge on any atom is -0.325 e. The van der Waals surface area contributed by atoms with Crippen molar-refractivity contribution in [3.8, 4) is 0 Å². The molecule has 32 heavy (non-hydrogen) atoms. The van der Waals surface area contributed by atoms with E-state index in [1.165, 1.54) is 6.07 Å². The van der Waals surface area contributed by atoms with Crippen molar-refractivity contribution in [2.45, 2.75) is 26.2 Å². The summed E-state index contributed by atoms with van der Waals surface area (Å²) in [7, 11) is 0. The number of halogens is 2. The molecule has 3 aromatic rings. The first kappa shape index (κ1) is 21.9. The molecule has 1 aliphatic rings. The fourth-order valence-corrected chi connectivity index (χ4v) is 3.92. The van der Waals surface area contributed by atoms with Gasteiger partial charge in [-0.05, 0) is 49.2 Å². The summed E-state index contributed by atoms with van der Waals surface area (Å²) in [5.41, 5.74) is 2.50. The van der Waals surface area contributed by atoms with E-state index < -0.39 is 23.3 Å². The van der Waals surface area contributed by atoms with E-state index >= 15 is 0 Å². The number of H-pyrrole nitrogens is 1. The van der Waals surface area contributed by atoms with E-state index in [1.807, 2.05) is 32.0 Å². The average molecular weight is 472 g/mol. The van der Waals surface area contributed by atoms with E-state index in [4.69, 9.17) is 23.2 Å². The number of fused-ring (bicyclic) bond motifs is 1. The summed E-state index contributed by atoms with van der Waals surface area (Å²) in [5.74, 6) is -1.76. The monoisotopic (exact) mass is 471 g/mol. The molecule has 0 radical (unpaired) electrons. The second kappa shape index (κ2) is 8.64. The molecule has 164 valence electrons. The van der Waals surface area contributed by atoms with Gasteiger partial charge < -0.3 is 16.0 Å². The smallest absolute Gasteiger partial charge is 0.258 e. The third-order valence-corrected chi connectivity index (χ3v) is 5.65. The Morgan fingerprint density at radius 2 is 1.88 bits per heavy atom. The molecule has 0 fully saturated rings. The van der Waals surface area contributed by atoms with Crippen molar-refractivity contribution in [1.29, 1.82) is 0 Å². The number of carbonyl (C=O) groups excluding carboxylic acids is 2. The lowest BCUT2D eigenvalue weighted by Crippen LogP contribution is -2.36. The molecule has 1 aromatic heterocycles. The van der Waals surface area contributed by atoms with E-state index in [0.717, 1.165) is 11.1 Å². The molecule has 0 saturated heterocycles. The molecule has 0 aliphatic carbocycles. The molecule has 1 atom stereocenters. The fourth-order valence-electron chi connectivity index (χ4n) is 3.46. The molecule has 0 saturated carbocycles. The maximum Gasteiger partial charge on any atom is 0.258 e. The highest BCUT2D eigenvalue weighted by atomic mass is 35.5. The first-order valence-electron chi connectivity index (χ1n) is 9.75. The molecule has 4 rings (SSSR count). The van der Waals surface area contributed by atoms with Crippen molar-refractivity contribution in [3.05, 3.63) is 73.5 Å². The van der Waals surface area contributed by atoms with Gasteiger partial charge in [-0.25, -0.2) is 0 Å². The van der Waals surface area contributed by atoms with Crippen molar-refractivity contribution >= 4 is 58.2 Å². The van der Waals surface area contributed by atoms with Gasteiger partial charge in [0.2, 0.25) is 17.8 Å². The second-order valence-electron chi connectivity index (χ2n) is 7.54. The number of nitrogens with zero attached hydrogens (tertiary/aromatic N) is 1. The Labute approximate surface area is 193 Å². The Hall–Kier alpha value is -3.36. The maximum atomic E-state index is 13.0. The number of rotatable bonds is 4. The normalized spacial score (nSPS) is 15.0. The van der Waals surface area contributed by atoms with Crippen molar-refractivity contribution in [2.75, 3.05) is 16.0 Å². The minimum atomic E-state index is -0.983. The quantitative estimate of drug-likeness (QED) is 0.446. The highest BCUT2D eigenvalue weighted by Gasteiger charge is 2.35. The van der Waals surface area contributed by atoms with Crippen LogP contribution in [0, 0.1) is 13.8 Å². The van der Waals surface area contributed by atoms with Crippen LogP contribution < -0.4 is 21.5 Å². The van der Waals surface area contributed by atoms with E-state index in [0.29, 0.717) is 21.4 Å². The Morgan fingerprint density at radius 3 is 2.62 bits per heavy atom. The Bertz CT molecular complexity index is 1310. The van der Waals surface area contributed by atoms with Crippen molar-refractivity contribution in [1.82, 2.24) is 9.97 Å². The van der Waals surface area contributed by atoms with E-state index in [-0.39, 0.29) is 23.8 Å².